The van der Waals surface area contributed by atoms with Crippen LogP contribution in [0.1, 0.15) is 24.3 Å². The summed E-state index contributed by atoms with van der Waals surface area (Å²) in [5.74, 6) is -0.144. The summed E-state index contributed by atoms with van der Waals surface area (Å²) < 4.78 is 5.22. The lowest BCUT2D eigenvalue weighted by molar-refractivity contribution is -0.142. The van der Waals surface area contributed by atoms with Crippen molar-refractivity contribution in [2.45, 2.75) is 30.8 Å². The Balaban J connectivity index is 1.96. The Morgan fingerprint density at radius 2 is 2.17 bits per heavy atom. The second kappa shape index (κ2) is 4.28. The van der Waals surface area contributed by atoms with Crippen molar-refractivity contribution < 1.29 is 14.6 Å². The van der Waals surface area contributed by atoms with Gasteiger partial charge in [-0.25, -0.2) is 0 Å². The number of methoxy groups -OCH3 is 1. The van der Waals surface area contributed by atoms with Gasteiger partial charge in [-0.05, 0) is 30.5 Å². The standard InChI is InChI=1S/C14H17NO3/c1-18-9-4-2-3-8(7-9)12-10-5-6-11(15-10)13(12)14(16)17/h2-4,7,10-13,15H,5-6H2,1H3,(H,16,17). The third-order valence-corrected chi connectivity index (χ3v) is 4.23. The lowest BCUT2D eigenvalue weighted by atomic mass is 9.75. The average molecular weight is 247 g/mol. The van der Waals surface area contributed by atoms with Gasteiger partial charge in [0.25, 0.3) is 0 Å². The average Bonchev–Trinajstić information content (AvgIpc) is 2.98. The van der Waals surface area contributed by atoms with Crippen molar-refractivity contribution in [2.75, 3.05) is 7.11 Å². The Morgan fingerprint density at radius 3 is 2.89 bits per heavy atom. The van der Waals surface area contributed by atoms with Crippen LogP contribution >= 0.6 is 0 Å². The van der Waals surface area contributed by atoms with Gasteiger partial charge in [-0.3, -0.25) is 4.79 Å². The summed E-state index contributed by atoms with van der Waals surface area (Å²) >= 11 is 0. The largest absolute Gasteiger partial charge is 0.497 e. The highest BCUT2D eigenvalue weighted by Gasteiger charge is 2.51. The van der Waals surface area contributed by atoms with Gasteiger partial charge in [0.15, 0.2) is 0 Å². The van der Waals surface area contributed by atoms with Crippen LogP contribution in [0.3, 0.4) is 0 Å². The molecule has 0 radical (unpaired) electrons. The number of benzene rings is 1. The zero-order valence-electron chi connectivity index (χ0n) is 10.3. The summed E-state index contributed by atoms with van der Waals surface area (Å²) in [5, 5.41) is 12.8. The van der Waals surface area contributed by atoms with Crippen LogP contribution < -0.4 is 10.1 Å². The molecule has 1 aromatic rings. The SMILES string of the molecule is COc1cccc(C2C3CCC(N3)C2C(=O)O)c1. The second-order valence-electron chi connectivity index (χ2n) is 5.12. The van der Waals surface area contributed by atoms with Crippen molar-refractivity contribution in [3.63, 3.8) is 0 Å². The van der Waals surface area contributed by atoms with Gasteiger partial charge in [-0.15, -0.1) is 0 Å². The molecule has 2 bridgehead atoms. The fourth-order valence-electron chi connectivity index (χ4n) is 3.48. The molecule has 4 atom stereocenters. The minimum atomic E-state index is -0.692. The Kier molecular flexibility index (Phi) is 2.74. The predicted octanol–water partition coefficient (Wildman–Crippen LogP) is 1.61. The fourth-order valence-corrected chi connectivity index (χ4v) is 3.48. The van der Waals surface area contributed by atoms with Crippen LogP contribution in [0.5, 0.6) is 5.75 Å². The van der Waals surface area contributed by atoms with Gasteiger partial charge >= 0.3 is 5.97 Å². The van der Waals surface area contributed by atoms with Crippen LogP contribution in [0.15, 0.2) is 24.3 Å². The number of hydrogen-bond donors (Lipinski definition) is 2. The van der Waals surface area contributed by atoms with Gasteiger partial charge in [0.1, 0.15) is 5.75 Å². The summed E-state index contributed by atoms with van der Waals surface area (Å²) in [6, 6.07) is 8.21. The molecule has 2 saturated heterocycles. The molecule has 2 heterocycles. The van der Waals surface area contributed by atoms with E-state index in [2.05, 4.69) is 5.32 Å². The lowest BCUT2D eigenvalue weighted by Gasteiger charge is -2.27. The van der Waals surface area contributed by atoms with E-state index in [9.17, 15) is 9.90 Å². The number of ether oxygens (including phenoxy) is 1. The first-order valence-corrected chi connectivity index (χ1v) is 6.33. The van der Waals surface area contributed by atoms with Crippen LogP contribution in [0.2, 0.25) is 0 Å². The molecule has 0 spiro atoms. The smallest absolute Gasteiger partial charge is 0.308 e. The molecule has 0 aromatic heterocycles. The Hall–Kier alpha value is -1.55. The predicted molar refractivity (Wildman–Crippen MR) is 66.8 cm³/mol. The molecule has 18 heavy (non-hydrogen) atoms. The maximum atomic E-state index is 11.5. The van der Waals surface area contributed by atoms with Crippen LogP contribution in [-0.2, 0) is 4.79 Å². The minimum Gasteiger partial charge on any atom is -0.497 e. The van der Waals surface area contributed by atoms with Gasteiger partial charge in [0, 0.05) is 18.0 Å². The molecule has 0 aliphatic carbocycles. The molecule has 2 N–H and O–H groups in total. The van der Waals surface area contributed by atoms with E-state index in [4.69, 9.17) is 4.74 Å². The van der Waals surface area contributed by atoms with E-state index in [-0.39, 0.29) is 17.9 Å². The van der Waals surface area contributed by atoms with E-state index in [1.165, 1.54) is 0 Å². The quantitative estimate of drug-likeness (QED) is 0.852. The molecule has 4 heteroatoms. The highest BCUT2D eigenvalue weighted by atomic mass is 16.5. The summed E-state index contributed by atoms with van der Waals surface area (Å²) in [4.78, 5) is 11.5. The molecule has 1 aromatic carbocycles. The summed E-state index contributed by atoms with van der Waals surface area (Å²) in [6.07, 6.45) is 2.04. The number of fused-ring (bicyclic) bond motifs is 2. The van der Waals surface area contributed by atoms with Crippen molar-refractivity contribution >= 4 is 5.97 Å². The fraction of sp³-hybridized carbons (Fsp3) is 0.500. The van der Waals surface area contributed by atoms with Crippen LogP contribution in [0.4, 0.5) is 0 Å². The van der Waals surface area contributed by atoms with E-state index in [0.717, 1.165) is 24.2 Å². The lowest BCUT2D eigenvalue weighted by Crippen LogP contribution is -2.32. The van der Waals surface area contributed by atoms with Crippen molar-refractivity contribution in [1.29, 1.82) is 0 Å². The van der Waals surface area contributed by atoms with Crippen molar-refractivity contribution in [2.24, 2.45) is 5.92 Å². The normalized spacial score (nSPS) is 33.6. The zero-order valence-corrected chi connectivity index (χ0v) is 10.3. The van der Waals surface area contributed by atoms with Crippen LogP contribution in [0, 0.1) is 5.92 Å². The molecule has 2 fully saturated rings. The van der Waals surface area contributed by atoms with E-state index >= 15 is 0 Å². The molecule has 2 aliphatic rings. The highest BCUT2D eigenvalue weighted by Crippen LogP contribution is 2.45. The molecule has 0 amide bonds. The van der Waals surface area contributed by atoms with Gasteiger partial charge in [-0.2, -0.15) is 0 Å². The number of hydrogen-bond acceptors (Lipinski definition) is 3. The molecule has 3 rings (SSSR count). The summed E-state index contributed by atoms with van der Waals surface area (Å²) in [7, 11) is 1.63. The van der Waals surface area contributed by atoms with Crippen molar-refractivity contribution in [3.8, 4) is 5.75 Å². The topological polar surface area (TPSA) is 58.6 Å². The number of aliphatic carboxylic acids is 1. The van der Waals surface area contributed by atoms with Crippen LogP contribution in [0.25, 0.3) is 0 Å². The third-order valence-electron chi connectivity index (χ3n) is 4.23. The molecular weight excluding hydrogens is 230 g/mol. The van der Waals surface area contributed by atoms with Gasteiger partial charge in [-0.1, -0.05) is 12.1 Å². The van der Waals surface area contributed by atoms with Crippen molar-refractivity contribution in [1.82, 2.24) is 5.32 Å². The number of carboxylic acid groups (broad SMARTS) is 1. The molecular formula is C14H17NO3. The number of nitrogens with one attached hydrogen (secondary N) is 1. The second-order valence-corrected chi connectivity index (χ2v) is 5.12. The Morgan fingerprint density at radius 1 is 1.39 bits per heavy atom. The number of rotatable bonds is 3. The highest BCUT2D eigenvalue weighted by molar-refractivity contribution is 5.73. The maximum absolute atomic E-state index is 11.5. The van der Waals surface area contributed by atoms with E-state index in [1.54, 1.807) is 7.11 Å². The first-order valence-electron chi connectivity index (χ1n) is 6.33. The Labute approximate surface area is 106 Å². The van der Waals surface area contributed by atoms with Gasteiger partial charge in [0.2, 0.25) is 0 Å². The molecule has 4 nitrogen and oxygen atoms in total. The van der Waals surface area contributed by atoms with Gasteiger partial charge < -0.3 is 15.2 Å². The number of carbonyl (C=O) groups is 1. The summed E-state index contributed by atoms with van der Waals surface area (Å²) in [5.41, 5.74) is 1.07. The van der Waals surface area contributed by atoms with E-state index < -0.39 is 5.97 Å². The summed E-state index contributed by atoms with van der Waals surface area (Å²) in [6.45, 7) is 0. The number of carboxylic acids is 1. The minimum absolute atomic E-state index is 0.0661. The molecule has 4 unspecified atom stereocenters. The van der Waals surface area contributed by atoms with Crippen LogP contribution in [-0.4, -0.2) is 30.3 Å². The monoisotopic (exact) mass is 247 g/mol. The first-order chi connectivity index (χ1) is 8.70. The zero-order chi connectivity index (χ0) is 12.7. The molecule has 96 valence electrons. The van der Waals surface area contributed by atoms with Gasteiger partial charge in [0.05, 0.1) is 13.0 Å². The maximum Gasteiger partial charge on any atom is 0.308 e. The third kappa shape index (κ3) is 1.68. The Bertz CT molecular complexity index is 474. The van der Waals surface area contributed by atoms with E-state index in [0.29, 0.717) is 6.04 Å². The van der Waals surface area contributed by atoms with Crippen molar-refractivity contribution in [3.05, 3.63) is 29.8 Å². The molecule has 2 aliphatic heterocycles. The first kappa shape index (κ1) is 11.5. The molecule has 0 saturated carbocycles. The van der Waals surface area contributed by atoms with E-state index in [1.807, 2.05) is 24.3 Å².